The molecule has 0 unspecified atom stereocenters. The number of carbonyl (C=O) groups excluding carboxylic acids is 1. The Morgan fingerprint density at radius 2 is 1.91 bits per heavy atom. The van der Waals surface area contributed by atoms with Crippen LogP contribution >= 0.6 is 0 Å². The van der Waals surface area contributed by atoms with Crippen LogP contribution < -0.4 is 9.73 Å². The van der Waals surface area contributed by atoms with E-state index in [2.05, 4.69) is 9.93 Å². The number of nitrogens with zero attached hydrogens (tertiary/aromatic N) is 4. The number of carbonyl (C=O) groups is 1. The molecule has 1 aliphatic heterocycles. The van der Waals surface area contributed by atoms with Crippen molar-refractivity contribution >= 4 is 33.5 Å². The Labute approximate surface area is 205 Å². The molecule has 0 saturated carbocycles. The molecule has 1 atom stereocenters. The van der Waals surface area contributed by atoms with Gasteiger partial charge in [-0.05, 0) is 51.8 Å². The summed E-state index contributed by atoms with van der Waals surface area (Å²) in [7, 11) is -3.89. The van der Waals surface area contributed by atoms with E-state index in [1.807, 2.05) is 30.6 Å². The molecule has 1 heterocycles. The minimum Gasteiger partial charge on any atom is -0.370 e. The lowest BCUT2D eigenvalue weighted by Crippen LogP contribution is -2.45. The molecule has 1 aliphatic rings. The minimum absolute atomic E-state index is 0.0632. The van der Waals surface area contributed by atoms with E-state index in [4.69, 9.17) is 0 Å². The number of nitro benzene ring substituents is 1. The number of hydrogen-bond donors (Lipinski definition) is 1. The number of sulfonamides is 1. The van der Waals surface area contributed by atoms with Crippen molar-refractivity contribution in [3.8, 4) is 0 Å². The summed E-state index contributed by atoms with van der Waals surface area (Å²) in [6, 6.07) is 10.7. The molecule has 0 radical (unpaired) electrons. The van der Waals surface area contributed by atoms with Gasteiger partial charge in [0.1, 0.15) is 0 Å². The van der Waals surface area contributed by atoms with Crippen LogP contribution in [-0.2, 0) is 14.8 Å². The first-order valence-electron chi connectivity index (χ1n) is 11.6. The molecule has 2 aromatic rings. The zero-order valence-electron chi connectivity index (χ0n) is 20.2. The number of anilines is 1. The number of benzene rings is 2. The summed E-state index contributed by atoms with van der Waals surface area (Å²) in [6.07, 6.45) is 2.84. The predicted molar refractivity (Wildman–Crippen MR) is 135 cm³/mol. The van der Waals surface area contributed by atoms with E-state index >= 15 is 0 Å². The normalized spacial score (nSPS) is 16.3. The molecule has 11 heteroatoms. The van der Waals surface area contributed by atoms with E-state index in [1.54, 1.807) is 18.2 Å². The van der Waals surface area contributed by atoms with Crippen LogP contribution in [0.1, 0.15) is 37.8 Å². The molecule has 35 heavy (non-hydrogen) atoms. The molecule has 10 nitrogen and oxygen atoms in total. The Morgan fingerprint density at radius 3 is 2.54 bits per heavy atom. The lowest BCUT2D eigenvalue weighted by atomic mass is 9.95. The summed E-state index contributed by atoms with van der Waals surface area (Å²) in [5.74, 6) is -0.0774. The molecule has 0 bridgehead atoms. The Morgan fingerprint density at radius 1 is 1.23 bits per heavy atom. The standard InChI is InChI=1S/C24H31N5O5S/c1-4-27(5-2)24(30)19-7-6-14-28(17-19)23-13-10-21(29(31)32)15-20(23)16-25-26-35(33,34)22-11-8-18(3)9-12-22/h8-13,15-16,19,26H,4-7,14,17H2,1-3H3/b25-16-/t19-/m0/s1. The summed E-state index contributed by atoms with van der Waals surface area (Å²) in [6.45, 7) is 8.19. The second-order valence-corrected chi connectivity index (χ2v) is 10.1. The van der Waals surface area contributed by atoms with Gasteiger partial charge in [0.2, 0.25) is 5.91 Å². The van der Waals surface area contributed by atoms with Crippen molar-refractivity contribution < 1.29 is 18.1 Å². The van der Waals surface area contributed by atoms with Crippen LogP contribution in [0.3, 0.4) is 0 Å². The molecule has 3 rings (SSSR count). The first-order valence-corrected chi connectivity index (χ1v) is 13.1. The monoisotopic (exact) mass is 501 g/mol. The van der Waals surface area contributed by atoms with Crippen molar-refractivity contribution in [2.75, 3.05) is 31.1 Å². The lowest BCUT2D eigenvalue weighted by molar-refractivity contribution is -0.384. The number of hydrazone groups is 1. The highest BCUT2D eigenvalue weighted by Gasteiger charge is 2.29. The SMILES string of the molecule is CCN(CC)C(=O)[C@H]1CCCN(c2ccc([N+](=O)[O-])cc2/C=N\NS(=O)(=O)c2ccc(C)cc2)C1. The van der Waals surface area contributed by atoms with Crippen LogP contribution in [-0.4, -0.2) is 56.5 Å². The highest BCUT2D eigenvalue weighted by Crippen LogP contribution is 2.29. The quantitative estimate of drug-likeness (QED) is 0.319. The molecule has 2 aromatic carbocycles. The average molecular weight is 502 g/mol. The van der Waals surface area contributed by atoms with E-state index in [1.165, 1.54) is 30.5 Å². The van der Waals surface area contributed by atoms with Crippen LogP contribution in [0.4, 0.5) is 11.4 Å². The average Bonchev–Trinajstić information content (AvgIpc) is 2.85. The zero-order chi connectivity index (χ0) is 25.6. The lowest BCUT2D eigenvalue weighted by Gasteiger charge is -2.36. The van der Waals surface area contributed by atoms with Crippen molar-refractivity contribution in [3.63, 3.8) is 0 Å². The third kappa shape index (κ3) is 6.36. The number of aryl methyl sites for hydroxylation is 1. The molecular weight excluding hydrogens is 470 g/mol. The Hall–Kier alpha value is -3.47. The van der Waals surface area contributed by atoms with Crippen molar-refractivity contribution in [1.82, 2.24) is 9.73 Å². The van der Waals surface area contributed by atoms with Gasteiger partial charge < -0.3 is 9.80 Å². The maximum absolute atomic E-state index is 12.9. The van der Waals surface area contributed by atoms with Gasteiger partial charge >= 0.3 is 0 Å². The summed E-state index contributed by atoms with van der Waals surface area (Å²) < 4.78 is 25.1. The number of hydrogen-bond acceptors (Lipinski definition) is 7. The number of nitrogens with one attached hydrogen (secondary N) is 1. The van der Waals surface area contributed by atoms with Gasteiger partial charge in [-0.1, -0.05) is 17.7 Å². The fourth-order valence-electron chi connectivity index (χ4n) is 4.17. The smallest absolute Gasteiger partial charge is 0.276 e. The molecule has 0 aliphatic carbocycles. The fourth-order valence-corrected chi connectivity index (χ4v) is 4.96. The number of piperidine rings is 1. The molecule has 1 N–H and O–H groups in total. The van der Waals surface area contributed by atoms with Crippen molar-refractivity contribution in [1.29, 1.82) is 0 Å². The van der Waals surface area contributed by atoms with Gasteiger partial charge in [-0.3, -0.25) is 14.9 Å². The van der Waals surface area contributed by atoms with E-state index in [0.29, 0.717) is 37.4 Å². The molecule has 0 spiro atoms. The highest BCUT2D eigenvalue weighted by atomic mass is 32.2. The molecule has 1 amide bonds. The molecule has 188 valence electrons. The van der Waals surface area contributed by atoms with Crippen LogP contribution in [0.15, 0.2) is 52.5 Å². The highest BCUT2D eigenvalue weighted by molar-refractivity contribution is 7.89. The summed E-state index contributed by atoms with van der Waals surface area (Å²) in [5, 5.41) is 15.2. The second-order valence-electron chi connectivity index (χ2n) is 8.46. The van der Waals surface area contributed by atoms with Crippen LogP contribution in [0, 0.1) is 23.0 Å². The molecule has 1 fully saturated rings. The first kappa shape index (κ1) is 26.1. The van der Waals surface area contributed by atoms with Gasteiger partial charge in [-0.15, -0.1) is 0 Å². The maximum Gasteiger partial charge on any atom is 0.276 e. The Bertz CT molecular complexity index is 1190. The van der Waals surface area contributed by atoms with Gasteiger partial charge in [-0.2, -0.15) is 13.5 Å². The van der Waals surface area contributed by atoms with Gasteiger partial charge in [-0.25, -0.2) is 4.83 Å². The second kappa shape index (κ2) is 11.3. The topological polar surface area (TPSA) is 125 Å². The summed E-state index contributed by atoms with van der Waals surface area (Å²) in [5.41, 5.74) is 1.84. The number of rotatable bonds is 9. The van der Waals surface area contributed by atoms with Crippen LogP contribution in [0.5, 0.6) is 0 Å². The third-order valence-electron chi connectivity index (χ3n) is 6.12. The summed E-state index contributed by atoms with van der Waals surface area (Å²) >= 11 is 0. The zero-order valence-corrected chi connectivity index (χ0v) is 21.0. The van der Waals surface area contributed by atoms with Crippen molar-refractivity contribution in [2.45, 2.75) is 38.5 Å². The van der Waals surface area contributed by atoms with E-state index in [-0.39, 0.29) is 22.4 Å². The van der Waals surface area contributed by atoms with Gasteiger partial charge in [0.05, 0.1) is 22.0 Å². The van der Waals surface area contributed by atoms with E-state index < -0.39 is 14.9 Å². The number of amides is 1. The van der Waals surface area contributed by atoms with Crippen LogP contribution in [0.2, 0.25) is 0 Å². The van der Waals surface area contributed by atoms with Crippen molar-refractivity contribution in [3.05, 3.63) is 63.7 Å². The van der Waals surface area contributed by atoms with Gasteiger partial charge in [0.25, 0.3) is 15.7 Å². The minimum atomic E-state index is -3.89. The fraction of sp³-hybridized carbons (Fsp3) is 0.417. The molecular formula is C24H31N5O5S. The summed E-state index contributed by atoms with van der Waals surface area (Å²) in [4.78, 5) is 29.8. The van der Waals surface area contributed by atoms with Gasteiger partial charge in [0.15, 0.2) is 0 Å². The number of nitro groups is 1. The van der Waals surface area contributed by atoms with Crippen molar-refractivity contribution in [2.24, 2.45) is 11.0 Å². The molecule has 1 saturated heterocycles. The maximum atomic E-state index is 12.9. The first-order chi connectivity index (χ1) is 16.7. The third-order valence-corrected chi connectivity index (χ3v) is 7.35. The number of non-ortho nitro benzene ring substituents is 1. The Balaban J connectivity index is 1.86. The van der Waals surface area contributed by atoms with E-state index in [9.17, 15) is 23.3 Å². The molecule has 0 aromatic heterocycles. The largest absolute Gasteiger partial charge is 0.370 e. The predicted octanol–water partition coefficient (Wildman–Crippen LogP) is 3.30. The van der Waals surface area contributed by atoms with Gasteiger partial charge in [0, 0.05) is 49.6 Å². The Kier molecular flexibility index (Phi) is 8.44. The van der Waals surface area contributed by atoms with E-state index in [0.717, 1.165) is 18.4 Å². The van der Waals surface area contributed by atoms with Crippen LogP contribution in [0.25, 0.3) is 0 Å².